The summed E-state index contributed by atoms with van der Waals surface area (Å²) in [5.74, 6) is -1.94. The largest absolute Gasteiger partial charge is 0.508 e. The summed E-state index contributed by atoms with van der Waals surface area (Å²) in [4.78, 5) is 41.7. The molecule has 1 aliphatic heterocycles. The molecule has 2 heterocycles. The molecule has 12 heteroatoms. The Balaban J connectivity index is 2.24. The van der Waals surface area contributed by atoms with Crippen LogP contribution in [0.5, 0.6) is 0 Å². The first-order valence-electron chi connectivity index (χ1n) is 5.92. The van der Waals surface area contributed by atoms with Crippen molar-refractivity contribution >= 4 is 7.82 Å². The molecule has 1 aromatic rings. The maximum absolute atomic E-state index is 13.2. The molecular formula is C10H12FN2O8P. The second-order valence-electron chi connectivity index (χ2n) is 4.47. The minimum Gasteiger partial charge on any atom is -0.508 e. The number of aliphatic hydroxyl groups excluding tert-OH is 1. The van der Waals surface area contributed by atoms with Gasteiger partial charge in [-0.2, -0.15) is 4.39 Å². The Labute approximate surface area is 121 Å². The van der Waals surface area contributed by atoms with E-state index < -0.39 is 43.0 Å². The summed E-state index contributed by atoms with van der Waals surface area (Å²) in [6, 6.07) is 0. The van der Waals surface area contributed by atoms with E-state index in [1.807, 2.05) is 0 Å². The van der Waals surface area contributed by atoms with Gasteiger partial charge in [-0.05, 0) is 6.92 Å². The molecular weight excluding hydrogens is 326 g/mol. The summed E-state index contributed by atoms with van der Waals surface area (Å²) >= 11 is 0. The van der Waals surface area contributed by atoms with Crippen LogP contribution in [0.15, 0.2) is 27.3 Å². The van der Waals surface area contributed by atoms with Crippen LogP contribution in [0, 0.1) is 5.82 Å². The number of nitrogens with zero attached hydrogens (tertiary/aromatic N) is 1. The molecule has 2 atom stereocenters. The lowest BCUT2D eigenvalue weighted by atomic mass is 10.2. The van der Waals surface area contributed by atoms with Gasteiger partial charge in [0.1, 0.15) is 11.9 Å². The fourth-order valence-electron chi connectivity index (χ4n) is 1.94. The Morgan fingerprint density at radius 3 is 2.77 bits per heavy atom. The van der Waals surface area contributed by atoms with Crippen molar-refractivity contribution in [2.24, 2.45) is 0 Å². The van der Waals surface area contributed by atoms with Crippen LogP contribution >= 0.6 is 7.82 Å². The molecule has 0 aromatic carbocycles. The number of ether oxygens (including phenoxy) is 1. The molecule has 0 radical (unpaired) electrons. The predicted octanol–water partition coefficient (Wildman–Crippen LogP) is -0.138. The molecule has 0 saturated carbocycles. The van der Waals surface area contributed by atoms with E-state index in [9.17, 15) is 23.7 Å². The highest BCUT2D eigenvalue weighted by atomic mass is 31.2. The van der Waals surface area contributed by atoms with Crippen LogP contribution in [0.4, 0.5) is 4.39 Å². The number of phosphoric acid groups is 1. The van der Waals surface area contributed by atoms with E-state index in [-0.39, 0.29) is 12.2 Å². The highest BCUT2D eigenvalue weighted by Gasteiger charge is 2.34. The molecule has 0 spiro atoms. The van der Waals surface area contributed by atoms with Gasteiger partial charge >= 0.3 is 13.5 Å². The van der Waals surface area contributed by atoms with E-state index in [1.54, 1.807) is 4.98 Å². The molecule has 4 N–H and O–H groups in total. The molecule has 0 aliphatic carbocycles. The van der Waals surface area contributed by atoms with E-state index in [0.717, 1.165) is 0 Å². The fourth-order valence-corrected chi connectivity index (χ4v) is 2.44. The van der Waals surface area contributed by atoms with Crippen molar-refractivity contribution < 1.29 is 33.1 Å². The molecule has 0 saturated heterocycles. The van der Waals surface area contributed by atoms with Crippen molar-refractivity contribution in [1.82, 2.24) is 9.55 Å². The van der Waals surface area contributed by atoms with E-state index >= 15 is 0 Å². The third-order valence-corrected chi connectivity index (χ3v) is 3.41. The zero-order chi connectivity index (χ0) is 16.7. The topological polar surface area (TPSA) is 151 Å². The first-order valence-corrected chi connectivity index (χ1v) is 7.45. The Morgan fingerprint density at radius 2 is 2.18 bits per heavy atom. The molecule has 0 bridgehead atoms. The number of H-pyrrole nitrogens is 1. The lowest BCUT2D eigenvalue weighted by molar-refractivity contribution is 0.0352. The van der Waals surface area contributed by atoms with Crippen LogP contribution in [-0.4, -0.2) is 30.5 Å². The highest BCUT2D eigenvalue weighted by molar-refractivity contribution is 7.46. The summed E-state index contributed by atoms with van der Waals surface area (Å²) in [7, 11) is -4.82. The number of aliphatic hydroxyl groups is 1. The van der Waals surface area contributed by atoms with Crippen molar-refractivity contribution in [2.45, 2.75) is 25.7 Å². The average Bonchev–Trinajstić information content (AvgIpc) is 2.73. The molecule has 1 aromatic heterocycles. The molecule has 10 nitrogen and oxygen atoms in total. The van der Waals surface area contributed by atoms with Gasteiger partial charge in [-0.1, -0.05) is 0 Å². The predicted molar refractivity (Wildman–Crippen MR) is 68.3 cm³/mol. The highest BCUT2D eigenvalue weighted by Crippen LogP contribution is 2.42. The van der Waals surface area contributed by atoms with Gasteiger partial charge in [0.15, 0.2) is 12.0 Å². The summed E-state index contributed by atoms with van der Waals surface area (Å²) in [5.41, 5.74) is -2.16. The maximum atomic E-state index is 13.2. The van der Waals surface area contributed by atoms with Crippen LogP contribution in [0.2, 0.25) is 0 Å². The smallest absolute Gasteiger partial charge is 0.470 e. The molecule has 0 fully saturated rings. The number of hydrogen-bond donors (Lipinski definition) is 4. The van der Waals surface area contributed by atoms with E-state index in [1.165, 1.54) is 6.92 Å². The fraction of sp³-hybridized carbons (Fsp3) is 0.400. The minimum atomic E-state index is -4.82. The summed E-state index contributed by atoms with van der Waals surface area (Å²) in [6.45, 7) is 1.21. The van der Waals surface area contributed by atoms with Gasteiger partial charge in [-0.15, -0.1) is 0 Å². The van der Waals surface area contributed by atoms with Crippen molar-refractivity contribution in [3.63, 3.8) is 0 Å². The number of rotatable bonds is 4. The van der Waals surface area contributed by atoms with Gasteiger partial charge in [0.05, 0.1) is 12.6 Å². The van der Waals surface area contributed by atoms with Crippen LogP contribution in [0.25, 0.3) is 0 Å². The second-order valence-corrected chi connectivity index (χ2v) is 5.66. The molecule has 22 heavy (non-hydrogen) atoms. The number of nitrogens with one attached hydrogen (secondary N) is 1. The van der Waals surface area contributed by atoms with Gasteiger partial charge in [0.25, 0.3) is 5.56 Å². The number of hydrogen-bond acceptors (Lipinski definition) is 6. The third-order valence-electron chi connectivity index (χ3n) is 2.81. The van der Waals surface area contributed by atoms with Gasteiger partial charge in [0.2, 0.25) is 5.82 Å². The Hall–Kier alpha value is -1.94. The van der Waals surface area contributed by atoms with Gasteiger partial charge in [-0.3, -0.25) is 18.9 Å². The summed E-state index contributed by atoms with van der Waals surface area (Å²) in [5, 5.41) is 9.74. The lowest BCUT2D eigenvalue weighted by Crippen LogP contribution is -2.34. The first-order chi connectivity index (χ1) is 10.1. The molecule has 0 unspecified atom stereocenters. The maximum Gasteiger partial charge on any atom is 0.470 e. The van der Waals surface area contributed by atoms with Crippen LogP contribution in [0.3, 0.4) is 0 Å². The van der Waals surface area contributed by atoms with E-state index in [4.69, 9.17) is 14.5 Å². The van der Waals surface area contributed by atoms with Crippen molar-refractivity contribution in [1.29, 1.82) is 0 Å². The quantitative estimate of drug-likeness (QED) is 0.554. The lowest BCUT2D eigenvalue weighted by Gasteiger charge is -2.18. The minimum absolute atomic E-state index is 0.268. The SMILES string of the molecule is C[C@@H](OP(=O)(O)O)C1=C(O)C[C@H](n2cc(F)c(=O)[nH]c2=O)O1. The number of halogens is 1. The monoisotopic (exact) mass is 338 g/mol. The van der Waals surface area contributed by atoms with Gasteiger partial charge in [0, 0.05) is 0 Å². The Morgan fingerprint density at radius 1 is 1.55 bits per heavy atom. The van der Waals surface area contributed by atoms with E-state index in [2.05, 4.69) is 4.52 Å². The van der Waals surface area contributed by atoms with E-state index in [0.29, 0.717) is 10.8 Å². The first kappa shape index (κ1) is 16.4. The Kier molecular flexibility index (Phi) is 4.25. The summed E-state index contributed by atoms with van der Waals surface area (Å²) in [6.07, 6.45) is -2.14. The Bertz CT molecular complexity index is 778. The van der Waals surface area contributed by atoms with Crippen molar-refractivity contribution in [3.05, 3.63) is 44.4 Å². The average molecular weight is 338 g/mol. The van der Waals surface area contributed by atoms with Crippen LogP contribution in [0.1, 0.15) is 19.6 Å². The number of aromatic amines is 1. The molecule has 0 amide bonds. The normalized spacial score (nSPS) is 20.1. The van der Waals surface area contributed by atoms with Crippen LogP contribution < -0.4 is 11.2 Å². The number of aromatic nitrogens is 2. The van der Waals surface area contributed by atoms with Crippen LogP contribution in [-0.2, 0) is 13.8 Å². The summed E-state index contributed by atoms with van der Waals surface area (Å²) < 4.78 is 34.2. The molecule has 2 rings (SSSR count). The zero-order valence-corrected chi connectivity index (χ0v) is 12.0. The van der Waals surface area contributed by atoms with Crippen molar-refractivity contribution in [3.8, 4) is 0 Å². The third kappa shape index (κ3) is 3.45. The van der Waals surface area contributed by atoms with Crippen molar-refractivity contribution in [2.75, 3.05) is 0 Å². The zero-order valence-electron chi connectivity index (χ0n) is 11.1. The standard InChI is InChI=1S/C10H12FN2O8P/c1-4(21-22(17,18)19)8-6(14)2-7(20-8)13-3-5(11)9(15)12-10(13)16/h3-4,7,14H,2H2,1H3,(H,12,15,16)(H2,17,18,19)/t4-,7-/m1/s1. The molecule has 1 aliphatic rings. The number of phosphoric ester groups is 1. The van der Waals surface area contributed by atoms with Gasteiger partial charge in [-0.25, -0.2) is 9.36 Å². The second kappa shape index (κ2) is 5.69. The van der Waals surface area contributed by atoms with Gasteiger partial charge < -0.3 is 19.6 Å². The molecule has 122 valence electrons.